The lowest BCUT2D eigenvalue weighted by molar-refractivity contribution is 0.809. The van der Waals surface area contributed by atoms with E-state index in [1.807, 2.05) is 13.1 Å². The Balaban J connectivity index is 2.36. The van der Waals surface area contributed by atoms with E-state index in [4.69, 9.17) is 5.73 Å². The number of hydrogen-bond donors (Lipinski definition) is 3. The summed E-state index contributed by atoms with van der Waals surface area (Å²) in [6.07, 6.45) is 5.06. The number of nitrogens with one attached hydrogen (secondary N) is 2. The summed E-state index contributed by atoms with van der Waals surface area (Å²) in [6, 6.07) is 1.80. The molecular weight excluding hydrogens is 152 g/mol. The van der Waals surface area contributed by atoms with Gasteiger partial charge in [0.1, 0.15) is 5.82 Å². The molecule has 0 bridgehead atoms. The van der Waals surface area contributed by atoms with Crippen molar-refractivity contribution in [3.63, 3.8) is 0 Å². The van der Waals surface area contributed by atoms with Gasteiger partial charge in [-0.05, 0) is 26.1 Å². The van der Waals surface area contributed by atoms with Crippen molar-refractivity contribution in [2.24, 2.45) is 0 Å². The number of H-pyrrole nitrogens is 1. The number of anilines is 1. The van der Waals surface area contributed by atoms with Crippen LogP contribution in [0, 0.1) is 0 Å². The Bertz CT molecular complexity index is 251. The van der Waals surface area contributed by atoms with Gasteiger partial charge in [-0.25, -0.2) is 0 Å². The number of rotatable bonds is 4. The van der Waals surface area contributed by atoms with Gasteiger partial charge in [-0.15, -0.1) is 0 Å². The van der Waals surface area contributed by atoms with Crippen LogP contribution < -0.4 is 11.1 Å². The third-order valence-corrected chi connectivity index (χ3v) is 1.48. The van der Waals surface area contributed by atoms with Gasteiger partial charge in [0.25, 0.3) is 0 Å². The average Bonchev–Trinajstić information content (AvgIpc) is 2.45. The van der Waals surface area contributed by atoms with Crippen molar-refractivity contribution < 1.29 is 0 Å². The number of aromatic amines is 1. The topological polar surface area (TPSA) is 66.7 Å². The molecule has 0 spiro atoms. The summed E-state index contributed by atoms with van der Waals surface area (Å²) in [7, 11) is 1.93. The molecule has 0 aromatic carbocycles. The molecule has 0 unspecified atom stereocenters. The quantitative estimate of drug-likeness (QED) is 0.574. The number of nitrogens with two attached hydrogens (primary N) is 1. The average molecular weight is 166 g/mol. The highest BCUT2D eigenvalue weighted by Gasteiger charge is 1.90. The standard InChI is InChI=1S/C8H14N4/c1-10-5-3-2-4-7-6-8(9)12-11-7/h2,4,6,10H,3,5H2,1H3,(H3,9,11,12). The molecule has 0 radical (unpaired) electrons. The zero-order chi connectivity index (χ0) is 8.81. The van der Waals surface area contributed by atoms with Crippen LogP contribution in [0.2, 0.25) is 0 Å². The van der Waals surface area contributed by atoms with Gasteiger partial charge in [0.05, 0.1) is 5.69 Å². The highest BCUT2D eigenvalue weighted by molar-refractivity contribution is 5.48. The van der Waals surface area contributed by atoms with E-state index in [2.05, 4.69) is 21.6 Å². The molecule has 4 heteroatoms. The van der Waals surface area contributed by atoms with Crippen molar-refractivity contribution in [1.29, 1.82) is 0 Å². The van der Waals surface area contributed by atoms with Crippen molar-refractivity contribution in [1.82, 2.24) is 15.5 Å². The lowest BCUT2D eigenvalue weighted by atomic mass is 10.3. The SMILES string of the molecule is CNCCC=Cc1cc(N)n[nH]1. The largest absolute Gasteiger partial charge is 0.382 e. The predicted molar refractivity (Wildman–Crippen MR) is 50.6 cm³/mol. The Kier molecular flexibility index (Phi) is 3.35. The molecule has 0 saturated heterocycles. The van der Waals surface area contributed by atoms with Crippen molar-refractivity contribution in [3.8, 4) is 0 Å². The molecule has 1 aromatic heterocycles. The molecule has 1 aromatic rings. The second-order valence-electron chi connectivity index (χ2n) is 2.54. The van der Waals surface area contributed by atoms with Crippen LogP contribution in [-0.4, -0.2) is 23.8 Å². The minimum Gasteiger partial charge on any atom is -0.382 e. The third kappa shape index (κ3) is 2.75. The minimum absolute atomic E-state index is 0.531. The molecule has 0 amide bonds. The van der Waals surface area contributed by atoms with Crippen LogP contribution in [0.4, 0.5) is 5.82 Å². The lowest BCUT2D eigenvalue weighted by Crippen LogP contribution is -2.05. The molecule has 1 rings (SSSR count). The molecule has 4 nitrogen and oxygen atoms in total. The molecular formula is C8H14N4. The molecule has 0 saturated carbocycles. The number of hydrogen-bond acceptors (Lipinski definition) is 3. The molecule has 66 valence electrons. The van der Waals surface area contributed by atoms with Gasteiger partial charge in [-0.2, -0.15) is 5.10 Å². The van der Waals surface area contributed by atoms with Gasteiger partial charge >= 0.3 is 0 Å². The molecule has 0 aliphatic heterocycles. The van der Waals surface area contributed by atoms with Crippen LogP contribution in [-0.2, 0) is 0 Å². The number of nitrogen functional groups attached to an aromatic ring is 1. The second kappa shape index (κ2) is 4.56. The van der Waals surface area contributed by atoms with E-state index in [9.17, 15) is 0 Å². The van der Waals surface area contributed by atoms with E-state index in [1.165, 1.54) is 0 Å². The molecule has 4 N–H and O–H groups in total. The maximum Gasteiger partial charge on any atom is 0.145 e. The van der Waals surface area contributed by atoms with Crippen LogP contribution in [0.3, 0.4) is 0 Å². The van der Waals surface area contributed by atoms with Gasteiger partial charge in [-0.3, -0.25) is 5.10 Å². The molecule has 0 atom stereocenters. The predicted octanol–water partition coefficient (Wildman–Crippen LogP) is 0.615. The van der Waals surface area contributed by atoms with Crippen LogP contribution in [0.15, 0.2) is 12.1 Å². The van der Waals surface area contributed by atoms with E-state index in [0.717, 1.165) is 18.7 Å². The molecule has 0 aliphatic rings. The zero-order valence-electron chi connectivity index (χ0n) is 7.17. The third-order valence-electron chi connectivity index (χ3n) is 1.48. The Labute approximate surface area is 71.9 Å². The summed E-state index contributed by atoms with van der Waals surface area (Å²) in [5.41, 5.74) is 6.37. The van der Waals surface area contributed by atoms with Gasteiger partial charge in [-0.1, -0.05) is 6.08 Å². The Morgan fingerprint density at radius 3 is 3.17 bits per heavy atom. The van der Waals surface area contributed by atoms with E-state index in [1.54, 1.807) is 6.07 Å². The maximum absolute atomic E-state index is 5.42. The van der Waals surface area contributed by atoms with E-state index in [-0.39, 0.29) is 0 Å². The first-order valence-corrected chi connectivity index (χ1v) is 3.95. The summed E-state index contributed by atoms with van der Waals surface area (Å²) in [5, 5.41) is 9.66. The first-order chi connectivity index (χ1) is 5.83. The molecule has 12 heavy (non-hydrogen) atoms. The smallest absolute Gasteiger partial charge is 0.145 e. The van der Waals surface area contributed by atoms with E-state index >= 15 is 0 Å². The molecule has 1 heterocycles. The summed E-state index contributed by atoms with van der Waals surface area (Å²) < 4.78 is 0. The van der Waals surface area contributed by atoms with Crippen LogP contribution in [0.1, 0.15) is 12.1 Å². The second-order valence-corrected chi connectivity index (χ2v) is 2.54. The van der Waals surface area contributed by atoms with Crippen molar-refractivity contribution in [2.45, 2.75) is 6.42 Å². The maximum atomic E-state index is 5.42. The summed E-state index contributed by atoms with van der Waals surface area (Å²) in [6.45, 7) is 0.986. The van der Waals surface area contributed by atoms with Gasteiger partial charge in [0, 0.05) is 6.07 Å². The summed E-state index contributed by atoms with van der Waals surface area (Å²) >= 11 is 0. The fraction of sp³-hybridized carbons (Fsp3) is 0.375. The molecule has 0 fully saturated rings. The Hall–Kier alpha value is -1.29. The first-order valence-electron chi connectivity index (χ1n) is 3.95. The first kappa shape index (κ1) is 8.80. The normalized spacial score (nSPS) is 11.1. The van der Waals surface area contributed by atoms with Crippen LogP contribution in [0.25, 0.3) is 6.08 Å². The van der Waals surface area contributed by atoms with E-state index < -0.39 is 0 Å². The van der Waals surface area contributed by atoms with Crippen molar-refractivity contribution in [2.75, 3.05) is 19.3 Å². The lowest BCUT2D eigenvalue weighted by Gasteiger charge is -1.89. The number of nitrogens with zero attached hydrogens (tertiary/aromatic N) is 1. The fourth-order valence-corrected chi connectivity index (χ4v) is 0.876. The van der Waals surface area contributed by atoms with E-state index in [0.29, 0.717) is 5.82 Å². The highest BCUT2D eigenvalue weighted by atomic mass is 15.1. The fourth-order valence-electron chi connectivity index (χ4n) is 0.876. The number of aromatic nitrogens is 2. The van der Waals surface area contributed by atoms with Gasteiger partial charge < -0.3 is 11.1 Å². The minimum atomic E-state index is 0.531. The van der Waals surface area contributed by atoms with Crippen LogP contribution in [0.5, 0.6) is 0 Å². The van der Waals surface area contributed by atoms with Crippen molar-refractivity contribution >= 4 is 11.9 Å². The summed E-state index contributed by atoms with van der Waals surface area (Å²) in [5.74, 6) is 0.531. The Morgan fingerprint density at radius 2 is 2.58 bits per heavy atom. The molecule has 0 aliphatic carbocycles. The monoisotopic (exact) mass is 166 g/mol. The highest BCUT2D eigenvalue weighted by Crippen LogP contribution is 2.02. The van der Waals surface area contributed by atoms with Gasteiger partial charge in [0.15, 0.2) is 0 Å². The van der Waals surface area contributed by atoms with Crippen molar-refractivity contribution in [3.05, 3.63) is 17.8 Å². The summed E-state index contributed by atoms with van der Waals surface area (Å²) in [4.78, 5) is 0. The zero-order valence-corrected chi connectivity index (χ0v) is 7.17. The van der Waals surface area contributed by atoms with Gasteiger partial charge in [0.2, 0.25) is 0 Å². The Morgan fingerprint density at radius 1 is 1.75 bits per heavy atom. The van der Waals surface area contributed by atoms with Crippen LogP contribution >= 0.6 is 0 Å².